The normalized spacial score (nSPS) is 11.4. The van der Waals surface area contributed by atoms with Gasteiger partial charge in [-0.2, -0.15) is 5.10 Å². The second-order valence-corrected chi connectivity index (χ2v) is 6.23. The van der Waals surface area contributed by atoms with E-state index in [1.54, 1.807) is 34.0 Å². The molecule has 8 heteroatoms. The third-order valence-corrected chi connectivity index (χ3v) is 4.60. The largest absolute Gasteiger partial charge is 0.348 e. The minimum atomic E-state index is -0.182. The highest BCUT2D eigenvalue weighted by Gasteiger charge is 2.14. The van der Waals surface area contributed by atoms with Gasteiger partial charge >= 0.3 is 0 Å². The summed E-state index contributed by atoms with van der Waals surface area (Å²) in [5.74, 6) is 0. The van der Waals surface area contributed by atoms with E-state index in [0.717, 1.165) is 16.8 Å². The second-order valence-electron chi connectivity index (χ2n) is 6.23. The van der Waals surface area contributed by atoms with Crippen molar-refractivity contribution >= 4 is 16.7 Å². The number of hydrogen-bond acceptors (Lipinski definition) is 5. The third-order valence-electron chi connectivity index (χ3n) is 4.60. The molecule has 0 saturated carbocycles. The molecule has 4 heterocycles. The number of pyridine rings is 1. The van der Waals surface area contributed by atoms with Crippen molar-refractivity contribution in [3.8, 4) is 11.1 Å². The van der Waals surface area contributed by atoms with E-state index >= 15 is 0 Å². The van der Waals surface area contributed by atoms with Crippen molar-refractivity contribution in [1.82, 2.24) is 34.3 Å². The Morgan fingerprint density at radius 3 is 2.74 bits per heavy atom. The molecule has 0 saturated heterocycles. The van der Waals surface area contributed by atoms with Gasteiger partial charge in [0.25, 0.3) is 5.56 Å². The molecule has 0 amide bonds. The maximum absolute atomic E-state index is 12.8. The summed E-state index contributed by atoms with van der Waals surface area (Å²) in [5, 5.41) is 12.9. The summed E-state index contributed by atoms with van der Waals surface area (Å²) in [6, 6.07) is 11.7. The molecule has 0 radical (unpaired) electrons. The van der Waals surface area contributed by atoms with E-state index < -0.39 is 0 Å². The number of nitrogens with one attached hydrogen (secondary N) is 1. The van der Waals surface area contributed by atoms with E-state index in [4.69, 9.17) is 0 Å². The van der Waals surface area contributed by atoms with Crippen molar-refractivity contribution in [3.63, 3.8) is 0 Å². The first-order valence-corrected chi connectivity index (χ1v) is 8.57. The first-order chi connectivity index (χ1) is 13.3. The Kier molecular flexibility index (Phi) is 3.53. The van der Waals surface area contributed by atoms with Crippen molar-refractivity contribution in [1.29, 1.82) is 0 Å². The maximum Gasteiger partial charge on any atom is 0.280 e. The van der Waals surface area contributed by atoms with E-state index in [1.165, 1.54) is 0 Å². The first-order valence-electron chi connectivity index (χ1n) is 8.57. The van der Waals surface area contributed by atoms with Crippen LogP contribution in [0.4, 0.5) is 0 Å². The standard InChI is InChI=1S/C19H15N7O/c27-19-17-16(7-9-25(19)8-6-14-10-20-12-21-14)26-18(24-23-17)15(11-22-26)13-4-2-1-3-5-13/h1-5,7,9-12H,6,8H2,(H,20,21). The molecule has 0 aliphatic carbocycles. The molecule has 8 nitrogen and oxygen atoms in total. The van der Waals surface area contributed by atoms with Crippen LogP contribution in [0, 0.1) is 0 Å². The molecule has 1 N–H and O–H groups in total. The quantitative estimate of drug-likeness (QED) is 0.531. The topological polar surface area (TPSA) is 93.8 Å². The van der Waals surface area contributed by atoms with Crippen LogP contribution >= 0.6 is 0 Å². The smallest absolute Gasteiger partial charge is 0.280 e. The van der Waals surface area contributed by atoms with Gasteiger partial charge in [-0.05, 0) is 11.6 Å². The zero-order valence-electron chi connectivity index (χ0n) is 14.3. The molecule has 5 aromatic rings. The minimum absolute atomic E-state index is 0.182. The molecule has 0 atom stereocenters. The minimum Gasteiger partial charge on any atom is -0.348 e. The average molecular weight is 357 g/mol. The summed E-state index contributed by atoms with van der Waals surface area (Å²) in [4.78, 5) is 19.8. The Morgan fingerprint density at radius 2 is 1.93 bits per heavy atom. The number of aryl methyl sites for hydroxylation is 2. The summed E-state index contributed by atoms with van der Waals surface area (Å²) in [7, 11) is 0. The lowest BCUT2D eigenvalue weighted by Crippen LogP contribution is -2.22. The molecule has 0 fully saturated rings. The number of imidazole rings is 1. The van der Waals surface area contributed by atoms with Crippen LogP contribution in [-0.4, -0.2) is 34.3 Å². The molecule has 1 aromatic carbocycles. The summed E-state index contributed by atoms with van der Waals surface area (Å²) in [6.45, 7) is 0.533. The van der Waals surface area contributed by atoms with E-state index in [1.807, 2.05) is 36.4 Å². The van der Waals surface area contributed by atoms with Crippen molar-refractivity contribution in [2.75, 3.05) is 0 Å². The van der Waals surface area contributed by atoms with Gasteiger partial charge in [0.05, 0.1) is 12.5 Å². The zero-order chi connectivity index (χ0) is 18.2. The van der Waals surface area contributed by atoms with Crippen LogP contribution in [0.3, 0.4) is 0 Å². The van der Waals surface area contributed by atoms with Crippen LogP contribution in [0.2, 0.25) is 0 Å². The molecule has 0 aliphatic rings. The maximum atomic E-state index is 12.8. The van der Waals surface area contributed by atoms with Gasteiger partial charge in [0.15, 0.2) is 11.2 Å². The fraction of sp³-hybridized carbons (Fsp3) is 0.105. The fourth-order valence-corrected chi connectivity index (χ4v) is 3.19. The highest BCUT2D eigenvalue weighted by molar-refractivity contribution is 5.82. The molecule has 0 unspecified atom stereocenters. The number of rotatable bonds is 4. The van der Waals surface area contributed by atoms with Crippen LogP contribution in [-0.2, 0) is 13.0 Å². The van der Waals surface area contributed by atoms with Crippen LogP contribution in [0.5, 0.6) is 0 Å². The van der Waals surface area contributed by atoms with Gasteiger partial charge < -0.3 is 9.55 Å². The number of H-pyrrole nitrogens is 1. The lowest BCUT2D eigenvalue weighted by molar-refractivity contribution is 0.664. The van der Waals surface area contributed by atoms with Gasteiger partial charge in [-0.15, -0.1) is 10.2 Å². The molecule has 27 heavy (non-hydrogen) atoms. The molecule has 0 bridgehead atoms. The number of aromatic amines is 1. The Morgan fingerprint density at radius 1 is 1.04 bits per heavy atom. The van der Waals surface area contributed by atoms with Gasteiger partial charge in [0.1, 0.15) is 5.52 Å². The van der Waals surface area contributed by atoms with Gasteiger partial charge in [0, 0.05) is 36.6 Å². The molecule has 132 valence electrons. The number of fused-ring (bicyclic) bond motifs is 3. The summed E-state index contributed by atoms with van der Waals surface area (Å²) in [6.07, 6.45) is 7.59. The van der Waals surface area contributed by atoms with Gasteiger partial charge in [-0.1, -0.05) is 30.3 Å². The number of aromatic nitrogens is 7. The van der Waals surface area contributed by atoms with E-state index in [0.29, 0.717) is 29.6 Å². The molecular formula is C19H15N7O. The van der Waals surface area contributed by atoms with E-state index in [-0.39, 0.29) is 5.56 Å². The number of benzene rings is 1. The molecule has 5 rings (SSSR count). The Balaban J connectivity index is 1.59. The van der Waals surface area contributed by atoms with Crippen molar-refractivity contribution in [2.45, 2.75) is 13.0 Å². The van der Waals surface area contributed by atoms with Gasteiger partial charge in [-0.3, -0.25) is 4.79 Å². The second kappa shape index (κ2) is 6.17. The van der Waals surface area contributed by atoms with Crippen LogP contribution in [0.1, 0.15) is 5.69 Å². The Hall–Kier alpha value is -3.81. The van der Waals surface area contributed by atoms with Crippen molar-refractivity contribution < 1.29 is 0 Å². The highest BCUT2D eigenvalue weighted by Crippen LogP contribution is 2.23. The molecule has 0 spiro atoms. The SMILES string of the molecule is O=c1c2nnc3c(-c4ccccc4)cnn3c2ccn1CCc1cnc[nH]1. The van der Waals surface area contributed by atoms with Gasteiger partial charge in [-0.25, -0.2) is 9.50 Å². The summed E-state index contributed by atoms with van der Waals surface area (Å²) >= 11 is 0. The highest BCUT2D eigenvalue weighted by atomic mass is 16.1. The lowest BCUT2D eigenvalue weighted by atomic mass is 10.1. The van der Waals surface area contributed by atoms with Crippen LogP contribution < -0.4 is 5.56 Å². The predicted octanol–water partition coefficient (Wildman–Crippen LogP) is 2.07. The summed E-state index contributed by atoms with van der Waals surface area (Å²) in [5.41, 5.74) is 4.26. The van der Waals surface area contributed by atoms with E-state index in [2.05, 4.69) is 25.3 Å². The predicted molar refractivity (Wildman–Crippen MR) is 100 cm³/mol. The van der Waals surface area contributed by atoms with Crippen LogP contribution in [0.15, 0.2) is 66.1 Å². The number of nitrogens with zero attached hydrogens (tertiary/aromatic N) is 6. The lowest BCUT2D eigenvalue weighted by Gasteiger charge is -2.06. The molecular weight excluding hydrogens is 342 g/mol. The summed E-state index contributed by atoms with van der Waals surface area (Å²) < 4.78 is 3.30. The average Bonchev–Trinajstić information content (AvgIpc) is 3.38. The Labute approximate surface area is 153 Å². The van der Waals surface area contributed by atoms with Crippen molar-refractivity contribution in [2.24, 2.45) is 0 Å². The monoisotopic (exact) mass is 357 g/mol. The zero-order valence-corrected chi connectivity index (χ0v) is 14.3. The first kappa shape index (κ1) is 15.4. The van der Waals surface area contributed by atoms with Crippen LogP contribution in [0.25, 0.3) is 27.8 Å². The molecule has 4 aromatic heterocycles. The third kappa shape index (κ3) is 2.58. The van der Waals surface area contributed by atoms with Gasteiger partial charge in [0.2, 0.25) is 0 Å². The Bertz CT molecular complexity index is 1290. The fourth-order valence-electron chi connectivity index (χ4n) is 3.19. The van der Waals surface area contributed by atoms with E-state index in [9.17, 15) is 4.79 Å². The van der Waals surface area contributed by atoms with Crippen molar-refractivity contribution in [3.05, 3.63) is 77.4 Å². The number of hydrogen-bond donors (Lipinski definition) is 1. The molecule has 0 aliphatic heterocycles.